The van der Waals surface area contributed by atoms with Crippen LogP contribution in [0.4, 0.5) is 10.1 Å². The molecule has 20 heavy (non-hydrogen) atoms. The lowest BCUT2D eigenvalue weighted by Crippen LogP contribution is -2.30. The van der Waals surface area contributed by atoms with E-state index in [1.165, 1.54) is 12.1 Å². The van der Waals surface area contributed by atoms with Gasteiger partial charge in [0.2, 0.25) is 5.91 Å². The van der Waals surface area contributed by atoms with Gasteiger partial charge in [0.15, 0.2) is 0 Å². The molecular weight excluding hydrogens is 283 g/mol. The molecule has 1 amide bonds. The van der Waals surface area contributed by atoms with Crippen molar-refractivity contribution in [2.45, 2.75) is 13.0 Å². The number of carbonyl (C=O) groups excluding carboxylic acids is 1. The normalized spacial score (nSPS) is 12.2. The van der Waals surface area contributed by atoms with E-state index in [0.29, 0.717) is 0 Å². The molecule has 0 bridgehead atoms. The standard InChI is InChI=1S/C14H14ClFN2O2/c1-9(13-3-2-6-20-13)17-8-14(19)18-12-5-4-10(15)7-11(12)16/h2-7,9,17H,8H2,1H3,(H,18,19)/t9-/m0/s1. The van der Waals surface area contributed by atoms with E-state index >= 15 is 0 Å². The number of rotatable bonds is 5. The minimum Gasteiger partial charge on any atom is -0.468 e. The molecule has 0 aliphatic rings. The average molecular weight is 297 g/mol. The van der Waals surface area contributed by atoms with Crippen molar-refractivity contribution in [3.05, 3.63) is 53.2 Å². The van der Waals surface area contributed by atoms with E-state index in [1.807, 2.05) is 13.0 Å². The third-order valence-corrected chi connectivity index (χ3v) is 2.98. The minimum atomic E-state index is -0.565. The molecule has 4 nitrogen and oxygen atoms in total. The van der Waals surface area contributed by atoms with Crippen LogP contribution in [0.3, 0.4) is 0 Å². The van der Waals surface area contributed by atoms with Crippen molar-refractivity contribution in [2.24, 2.45) is 0 Å². The van der Waals surface area contributed by atoms with Gasteiger partial charge in [-0.25, -0.2) is 4.39 Å². The maximum atomic E-state index is 13.5. The fourth-order valence-electron chi connectivity index (χ4n) is 1.67. The number of furan rings is 1. The summed E-state index contributed by atoms with van der Waals surface area (Å²) in [6.07, 6.45) is 1.57. The zero-order valence-electron chi connectivity index (χ0n) is 10.8. The Kier molecular flexibility index (Phi) is 4.76. The van der Waals surface area contributed by atoms with Gasteiger partial charge in [-0.3, -0.25) is 10.1 Å². The van der Waals surface area contributed by atoms with E-state index < -0.39 is 5.82 Å². The number of anilines is 1. The van der Waals surface area contributed by atoms with Crippen molar-refractivity contribution in [1.29, 1.82) is 0 Å². The molecule has 0 aliphatic heterocycles. The lowest BCUT2D eigenvalue weighted by atomic mass is 10.2. The first kappa shape index (κ1) is 14.6. The Morgan fingerprint density at radius 1 is 1.45 bits per heavy atom. The molecule has 0 radical (unpaired) electrons. The predicted molar refractivity (Wildman–Crippen MR) is 75.2 cm³/mol. The first-order chi connectivity index (χ1) is 9.56. The third kappa shape index (κ3) is 3.82. The highest BCUT2D eigenvalue weighted by molar-refractivity contribution is 6.30. The number of carbonyl (C=O) groups is 1. The van der Waals surface area contributed by atoms with Gasteiger partial charge in [0, 0.05) is 5.02 Å². The summed E-state index contributed by atoms with van der Waals surface area (Å²) in [7, 11) is 0. The molecule has 1 atom stereocenters. The lowest BCUT2D eigenvalue weighted by Gasteiger charge is -2.11. The van der Waals surface area contributed by atoms with Gasteiger partial charge in [-0.05, 0) is 37.3 Å². The molecule has 0 spiro atoms. The highest BCUT2D eigenvalue weighted by Gasteiger charge is 2.11. The van der Waals surface area contributed by atoms with Crippen LogP contribution in [0.2, 0.25) is 5.02 Å². The molecule has 0 unspecified atom stereocenters. The van der Waals surface area contributed by atoms with Crippen LogP contribution in [0, 0.1) is 5.82 Å². The van der Waals surface area contributed by atoms with E-state index in [0.717, 1.165) is 11.8 Å². The first-order valence-electron chi connectivity index (χ1n) is 6.08. The molecule has 0 fully saturated rings. The topological polar surface area (TPSA) is 54.3 Å². The summed E-state index contributed by atoms with van der Waals surface area (Å²) in [6.45, 7) is 1.92. The second kappa shape index (κ2) is 6.54. The van der Waals surface area contributed by atoms with Gasteiger partial charge in [-0.2, -0.15) is 0 Å². The summed E-state index contributed by atoms with van der Waals surface area (Å²) in [6, 6.07) is 7.57. The van der Waals surface area contributed by atoms with Crippen LogP contribution in [-0.4, -0.2) is 12.5 Å². The van der Waals surface area contributed by atoms with Crippen LogP contribution in [0.5, 0.6) is 0 Å². The number of hydrogen-bond donors (Lipinski definition) is 2. The van der Waals surface area contributed by atoms with E-state index in [1.54, 1.807) is 12.3 Å². The molecule has 2 rings (SSSR count). The van der Waals surface area contributed by atoms with Crippen LogP contribution in [0.1, 0.15) is 18.7 Å². The molecule has 0 saturated carbocycles. The maximum Gasteiger partial charge on any atom is 0.238 e. The molecule has 1 aromatic carbocycles. The molecule has 6 heteroatoms. The van der Waals surface area contributed by atoms with Crippen LogP contribution < -0.4 is 10.6 Å². The third-order valence-electron chi connectivity index (χ3n) is 2.74. The van der Waals surface area contributed by atoms with Crippen molar-refractivity contribution >= 4 is 23.2 Å². The molecule has 1 heterocycles. The summed E-state index contributed by atoms with van der Waals surface area (Å²) >= 11 is 5.64. The molecule has 106 valence electrons. The molecule has 0 aliphatic carbocycles. The average Bonchev–Trinajstić information content (AvgIpc) is 2.93. The van der Waals surface area contributed by atoms with E-state index in [2.05, 4.69) is 10.6 Å². The first-order valence-corrected chi connectivity index (χ1v) is 6.46. The van der Waals surface area contributed by atoms with Crippen molar-refractivity contribution in [3.8, 4) is 0 Å². The predicted octanol–water partition coefficient (Wildman–Crippen LogP) is 3.36. The smallest absolute Gasteiger partial charge is 0.238 e. The van der Waals surface area contributed by atoms with E-state index in [4.69, 9.17) is 16.0 Å². The van der Waals surface area contributed by atoms with Gasteiger partial charge in [-0.15, -0.1) is 0 Å². The molecule has 1 aromatic heterocycles. The van der Waals surface area contributed by atoms with Gasteiger partial charge in [-0.1, -0.05) is 11.6 Å². The molecule has 2 N–H and O–H groups in total. The molecule has 2 aromatic rings. The monoisotopic (exact) mass is 296 g/mol. The van der Waals surface area contributed by atoms with Crippen molar-refractivity contribution in [3.63, 3.8) is 0 Å². The number of amides is 1. The zero-order valence-corrected chi connectivity index (χ0v) is 11.6. The van der Waals surface area contributed by atoms with Crippen molar-refractivity contribution in [1.82, 2.24) is 5.32 Å². The van der Waals surface area contributed by atoms with Crippen LogP contribution in [-0.2, 0) is 4.79 Å². The van der Waals surface area contributed by atoms with E-state index in [-0.39, 0.29) is 29.2 Å². The number of hydrogen-bond acceptors (Lipinski definition) is 3. The fourth-order valence-corrected chi connectivity index (χ4v) is 1.83. The lowest BCUT2D eigenvalue weighted by molar-refractivity contribution is -0.115. The summed E-state index contributed by atoms with van der Waals surface area (Å²) in [4.78, 5) is 11.7. The quantitative estimate of drug-likeness (QED) is 0.889. The number of halogens is 2. The van der Waals surface area contributed by atoms with Gasteiger partial charge in [0.1, 0.15) is 11.6 Å². The summed E-state index contributed by atoms with van der Waals surface area (Å²) in [5.74, 6) is -0.176. The highest BCUT2D eigenvalue weighted by Crippen LogP contribution is 2.18. The van der Waals surface area contributed by atoms with Gasteiger partial charge in [0.05, 0.1) is 24.5 Å². The molecular formula is C14H14ClFN2O2. The fraction of sp³-hybridized carbons (Fsp3) is 0.214. The van der Waals surface area contributed by atoms with E-state index in [9.17, 15) is 9.18 Å². The zero-order chi connectivity index (χ0) is 14.5. The van der Waals surface area contributed by atoms with Crippen LogP contribution in [0.15, 0.2) is 41.0 Å². The Bertz CT molecular complexity index is 587. The summed E-state index contributed by atoms with van der Waals surface area (Å²) in [5, 5.41) is 5.74. The maximum absolute atomic E-state index is 13.5. The minimum absolute atomic E-state index is 0.0456. The van der Waals surface area contributed by atoms with Gasteiger partial charge < -0.3 is 9.73 Å². The van der Waals surface area contributed by atoms with Crippen molar-refractivity contribution < 1.29 is 13.6 Å². The Morgan fingerprint density at radius 2 is 2.25 bits per heavy atom. The largest absolute Gasteiger partial charge is 0.468 e. The Hall–Kier alpha value is -1.85. The second-order valence-electron chi connectivity index (χ2n) is 4.29. The van der Waals surface area contributed by atoms with Crippen LogP contribution >= 0.6 is 11.6 Å². The highest BCUT2D eigenvalue weighted by atomic mass is 35.5. The summed E-state index contributed by atoms with van der Waals surface area (Å²) < 4.78 is 18.7. The number of nitrogens with one attached hydrogen (secondary N) is 2. The Balaban J connectivity index is 1.86. The second-order valence-corrected chi connectivity index (χ2v) is 4.73. The van der Waals surface area contributed by atoms with Gasteiger partial charge in [0.25, 0.3) is 0 Å². The van der Waals surface area contributed by atoms with Crippen LogP contribution in [0.25, 0.3) is 0 Å². The number of benzene rings is 1. The summed E-state index contributed by atoms with van der Waals surface area (Å²) in [5.41, 5.74) is 0.104. The Labute approximate surface area is 120 Å². The SMILES string of the molecule is C[C@H](NCC(=O)Nc1ccc(Cl)cc1F)c1ccco1. The van der Waals surface area contributed by atoms with Crippen molar-refractivity contribution in [2.75, 3.05) is 11.9 Å². The van der Waals surface area contributed by atoms with Gasteiger partial charge >= 0.3 is 0 Å². The Morgan fingerprint density at radius 3 is 2.90 bits per heavy atom. The molecule has 0 saturated heterocycles.